The summed E-state index contributed by atoms with van der Waals surface area (Å²) in [5.74, 6) is 0.476. The van der Waals surface area contributed by atoms with Gasteiger partial charge in [-0.15, -0.1) is 11.6 Å². The predicted molar refractivity (Wildman–Crippen MR) is 60.6 cm³/mol. The van der Waals surface area contributed by atoms with Gasteiger partial charge in [0.25, 0.3) is 5.91 Å². The number of alkyl halides is 1. The SMILES string of the molecule is Cc1ncoc1C(=O)NCC1CCCC1Cl. The van der Waals surface area contributed by atoms with Crippen LogP contribution in [0.25, 0.3) is 0 Å². The smallest absolute Gasteiger partial charge is 0.289 e. The second kappa shape index (κ2) is 4.87. The van der Waals surface area contributed by atoms with E-state index in [1.54, 1.807) is 6.92 Å². The molecule has 1 amide bonds. The third kappa shape index (κ3) is 2.38. The van der Waals surface area contributed by atoms with E-state index < -0.39 is 0 Å². The highest BCUT2D eigenvalue weighted by atomic mass is 35.5. The van der Waals surface area contributed by atoms with Crippen LogP contribution in [0, 0.1) is 12.8 Å². The minimum atomic E-state index is -0.203. The molecule has 16 heavy (non-hydrogen) atoms. The number of hydrogen-bond donors (Lipinski definition) is 1. The number of aromatic nitrogens is 1. The Balaban J connectivity index is 1.86. The molecule has 2 rings (SSSR count). The van der Waals surface area contributed by atoms with Crippen LogP contribution in [0.3, 0.4) is 0 Å². The molecule has 88 valence electrons. The molecule has 1 N–H and O–H groups in total. The zero-order valence-electron chi connectivity index (χ0n) is 9.20. The molecule has 0 radical (unpaired) electrons. The predicted octanol–water partition coefficient (Wildman–Crippen LogP) is 2.12. The first-order chi connectivity index (χ1) is 7.68. The molecule has 1 saturated carbocycles. The van der Waals surface area contributed by atoms with Crippen LogP contribution in [-0.4, -0.2) is 22.8 Å². The molecule has 0 spiro atoms. The lowest BCUT2D eigenvalue weighted by atomic mass is 10.1. The van der Waals surface area contributed by atoms with Gasteiger partial charge in [0.05, 0.1) is 5.69 Å². The molecule has 0 bridgehead atoms. The van der Waals surface area contributed by atoms with Crippen molar-refractivity contribution in [3.8, 4) is 0 Å². The Morgan fingerprint density at radius 2 is 2.50 bits per heavy atom. The van der Waals surface area contributed by atoms with Crippen LogP contribution in [0.1, 0.15) is 35.5 Å². The fraction of sp³-hybridized carbons (Fsp3) is 0.636. The summed E-state index contributed by atoms with van der Waals surface area (Å²) < 4.78 is 5.01. The zero-order chi connectivity index (χ0) is 11.5. The van der Waals surface area contributed by atoms with Gasteiger partial charge in [-0.2, -0.15) is 0 Å². The number of aryl methyl sites for hydroxylation is 1. The van der Waals surface area contributed by atoms with Crippen molar-refractivity contribution in [2.75, 3.05) is 6.54 Å². The second-order valence-electron chi connectivity index (χ2n) is 4.18. The average molecular weight is 243 g/mol. The Morgan fingerprint density at radius 1 is 1.69 bits per heavy atom. The summed E-state index contributed by atoms with van der Waals surface area (Å²) in [6.45, 7) is 2.37. The summed E-state index contributed by atoms with van der Waals surface area (Å²) in [6, 6.07) is 0. The molecule has 1 aromatic heterocycles. The standard InChI is InChI=1S/C11H15ClN2O2/c1-7-10(16-6-14-7)11(15)13-5-8-3-2-4-9(8)12/h6,8-9H,2-5H2,1H3,(H,13,15). The number of nitrogens with one attached hydrogen (secondary N) is 1. The van der Waals surface area contributed by atoms with Crippen molar-refractivity contribution in [3.63, 3.8) is 0 Å². The maximum Gasteiger partial charge on any atom is 0.289 e. The molecule has 2 atom stereocenters. The van der Waals surface area contributed by atoms with Crippen LogP contribution in [0.4, 0.5) is 0 Å². The number of oxazole rings is 1. The third-order valence-electron chi connectivity index (χ3n) is 3.04. The lowest BCUT2D eigenvalue weighted by Gasteiger charge is -2.13. The Hall–Kier alpha value is -1.03. The molecule has 5 heteroatoms. The van der Waals surface area contributed by atoms with E-state index in [0.717, 1.165) is 19.3 Å². The van der Waals surface area contributed by atoms with E-state index >= 15 is 0 Å². The monoisotopic (exact) mass is 242 g/mol. The molecule has 1 aliphatic carbocycles. The van der Waals surface area contributed by atoms with Gasteiger partial charge in [0.2, 0.25) is 5.76 Å². The Bertz CT molecular complexity index is 378. The van der Waals surface area contributed by atoms with E-state index in [9.17, 15) is 4.79 Å². The lowest BCUT2D eigenvalue weighted by Crippen LogP contribution is -2.31. The van der Waals surface area contributed by atoms with Crippen molar-refractivity contribution in [1.29, 1.82) is 0 Å². The molecule has 4 nitrogen and oxygen atoms in total. The summed E-state index contributed by atoms with van der Waals surface area (Å²) in [5.41, 5.74) is 0.617. The van der Waals surface area contributed by atoms with Gasteiger partial charge in [-0.05, 0) is 25.7 Å². The zero-order valence-corrected chi connectivity index (χ0v) is 9.96. The number of hydrogen-bond acceptors (Lipinski definition) is 3. The van der Waals surface area contributed by atoms with E-state index in [2.05, 4.69) is 10.3 Å². The molecule has 1 aromatic rings. The molecule has 2 unspecified atom stereocenters. The fourth-order valence-corrected chi connectivity index (χ4v) is 2.41. The van der Waals surface area contributed by atoms with E-state index in [4.69, 9.17) is 16.0 Å². The maximum absolute atomic E-state index is 11.7. The van der Waals surface area contributed by atoms with Crippen LogP contribution in [-0.2, 0) is 0 Å². The number of rotatable bonds is 3. The van der Waals surface area contributed by atoms with Crippen molar-refractivity contribution >= 4 is 17.5 Å². The molecule has 0 saturated heterocycles. The Kier molecular flexibility index (Phi) is 3.49. The summed E-state index contributed by atoms with van der Waals surface area (Å²) in [6.07, 6.45) is 4.56. The molecule has 1 aliphatic rings. The molecule has 1 heterocycles. The van der Waals surface area contributed by atoms with E-state index in [0.29, 0.717) is 23.9 Å². The van der Waals surface area contributed by atoms with E-state index in [1.807, 2.05) is 0 Å². The number of amides is 1. The number of halogens is 1. The normalized spacial score (nSPS) is 24.6. The van der Waals surface area contributed by atoms with E-state index in [1.165, 1.54) is 6.39 Å². The molecule has 1 fully saturated rings. The molecular weight excluding hydrogens is 228 g/mol. The fourth-order valence-electron chi connectivity index (χ4n) is 2.05. The average Bonchev–Trinajstić information content (AvgIpc) is 2.84. The van der Waals surface area contributed by atoms with Crippen LogP contribution >= 0.6 is 11.6 Å². The first-order valence-corrected chi connectivity index (χ1v) is 5.94. The van der Waals surface area contributed by atoms with Gasteiger partial charge in [-0.1, -0.05) is 6.42 Å². The Labute approximate surface area is 99.4 Å². The highest BCUT2D eigenvalue weighted by Crippen LogP contribution is 2.29. The van der Waals surface area contributed by atoms with Crippen molar-refractivity contribution < 1.29 is 9.21 Å². The summed E-state index contributed by atoms with van der Waals surface area (Å²) in [7, 11) is 0. The molecular formula is C11H15ClN2O2. The van der Waals surface area contributed by atoms with Gasteiger partial charge in [0.15, 0.2) is 6.39 Å². The van der Waals surface area contributed by atoms with Crippen LogP contribution in [0.2, 0.25) is 0 Å². The topological polar surface area (TPSA) is 55.1 Å². The first-order valence-electron chi connectivity index (χ1n) is 5.51. The van der Waals surface area contributed by atoms with Crippen LogP contribution < -0.4 is 5.32 Å². The van der Waals surface area contributed by atoms with Crippen molar-refractivity contribution in [2.24, 2.45) is 5.92 Å². The highest BCUT2D eigenvalue weighted by Gasteiger charge is 2.26. The highest BCUT2D eigenvalue weighted by molar-refractivity contribution is 6.21. The third-order valence-corrected chi connectivity index (χ3v) is 3.62. The second-order valence-corrected chi connectivity index (χ2v) is 4.74. The van der Waals surface area contributed by atoms with Crippen LogP contribution in [0.5, 0.6) is 0 Å². The molecule has 0 aromatic carbocycles. The quantitative estimate of drug-likeness (QED) is 0.826. The van der Waals surface area contributed by atoms with Gasteiger partial charge in [0.1, 0.15) is 0 Å². The van der Waals surface area contributed by atoms with Gasteiger partial charge >= 0.3 is 0 Å². The van der Waals surface area contributed by atoms with Crippen molar-refractivity contribution in [3.05, 3.63) is 17.8 Å². The van der Waals surface area contributed by atoms with Gasteiger partial charge in [-0.25, -0.2) is 4.98 Å². The summed E-state index contributed by atoms with van der Waals surface area (Å²) >= 11 is 6.13. The number of nitrogens with zero attached hydrogens (tertiary/aromatic N) is 1. The maximum atomic E-state index is 11.7. The molecule has 0 aliphatic heterocycles. The lowest BCUT2D eigenvalue weighted by molar-refractivity contribution is 0.0919. The first kappa shape index (κ1) is 11.5. The number of carbonyl (C=O) groups excluding carboxylic acids is 1. The van der Waals surface area contributed by atoms with Crippen molar-refractivity contribution in [2.45, 2.75) is 31.6 Å². The van der Waals surface area contributed by atoms with Gasteiger partial charge < -0.3 is 9.73 Å². The largest absolute Gasteiger partial charge is 0.438 e. The van der Waals surface area contributed by atoms with Crippen molar-refractivity contribution in [1.82, 2.24) is 10.3 Å². The summed E-state index contributed by atoms with van der Waals surface area (Å²) in [5, 5.41) is 3.03. The number of carbonyl (C=O) groups is 1. The van der Waals surface area contributed by atoms with Gasteiger partial charge in [-0.3, -0.25) is 4.79 Å². The Morgan fingerprint density at radius 3 is 3.06 bits per heavy atom. The van der Waals surface area contributed by atoms with Gasteiger partial charge in [0, 0.05) is 11.9 Å². The minimum Gasteiger partial charge on any atom is -0.438 e. The van der Waals surface area contributed by atoms with E-state index in [-0.39, 0.29) is 11.3 Å². The minimum absolute atomic E-state index is 0.191. The van der Waals surface area contributed by atoms with Crippen LogP contribution in [0.15, 0.2) is 10.8 Å². The summed E-state index contributed by atoms with van der Waals surface area (Å²) in [4.78, 5) is 15.6.